The number of rotatable bonds is 7. The molecule has 1 atom stereocenters. The average molecular weight is 268 g/mol. The number of nitrogens with zero attached hydrogens (tertiary/aromatic N) is 1. The Labute approximate surface area is 116 Å². The lowest BCUT2D eigenvalue weighted by atomic mass is 9.98. The molecule has 1 rings (SSSR count). The minimum absolute atomic E-state index is 0.176. The summed E-state index contributed by atoms with van der Waals surface area (Å²) in [5.41, 5.74) is 0.176. The molecule has 1 heterocycles. The second-order valence-electron chi connectivity index (χ2n) is 6.16. The molecule has 1 aromatic rings. The molecule has 2 nitrogen and oxygen atoms in total. The molecule has 1 aromatic heterocycles. The minimum Gasteiger partial charge on any atom is -0.309 e. The van der Waals surface area contributed by atoms with Gasteiger partial charge in [-0.05, 0) is 13.3 Å². The van der Waals surface area contributed by atoms with Crippen molar-refractivity contribution < 1.29 is 0 Å². The molecule has 0 aliphatic carbocycles. The molecule has 1 unspecified atom stereocenters. The standard InChI is InChI=1S/C15H28N2S/c1-6-7-8-9-12(2)16-10-13-11-17-14(18-13)15(3,4)5/h11-12,16H,6-10H2,1-5H3. The van der Waals surface area contributed by atoms with Gasteiger partial charge in [0.15, 0.2) is 0 Å². The van der Waals surface area contributed by atoms with Crippen molar-refractivity contribution in [3.05, 3.63) is 16.1 Å². The summed E-state index contributed by atoms with van der Waals surface area (Å²) in [5, 5.41) is 4.83. The van der Waals surface area contributed by atoms with Crippen LogP contribution in [0.25, 0.3) is 0 Å². The normalized spacial score (nSPS) is 13.8. The third-order valence-corrected chi connectivity index (χ3v) is 4.48. The van der Waals surface area contributed by atoms with E-state index in [1.165, 1.54) is 35.6 Å². The maximum Gasteiger partial charge on any atom is 0.0981 e. The molecule has 0 amide bonds. The highest BCUT2D eigenvalue weighted by Crippen LogP contribution is 2.26. The highest BCUT2D eigenvalue weighted by atomic mass is 32.1. The van der Waals surface area contributed by atoms with E-state index >= 15 is 0 Å². The zero-order chi connectivity index (χ0) is 13.6. The molecule has 0 bridgehead atoms. The summed E-state index contributed by atoms with van der Waals surface area (Å²) in [5.74, 6) is 0. The van der Waals surface area contributed by atoms with Crippen molar-refractivity contribution >= 4 is 11.3 Å². The average Bonchev–Trinajstić information content (AvgIpc) is 2.75. The number of thiazole rings is 1. The first-order valence-corrected chi connectivity index (χ1v) is 7.93. The Balaban J connectivity index is 2.33. The van der Waals surface area contributed by atoms with E-state index in [1.807, 2.05) is 17.5 Å². The van der Waals surface area contributed by atoms with E-state index in [9.17, 15) is 0 Å². The summed E-state index contributed by atoms with van der Waals surface area (Å²) in [6, 6.07) is 0.608. The van der Waals surface area contributed by atoms with E-state index in [2.05, 4.69) is 44.9 Å². The van der Waals surface area contributed by atoms with E-state index in [4.69, 9.17) is 0 Å². The van der Waals surface area contributed by atoms with Gasteiger partial charge in [0.2, 0.25) is 0 Å². The maximum atomic E-state index is 4.52. The number of aromatic nitrogens is 1. The van der Waals surface area contributed by atoms with Gasteiger partial charge >= 0.3 is 0 Å². The van der Waals surface area contributed by atoms with Crippen LogP contribution in [0.3, 0.4) is 0 Å². The van der Waals surface area contributed by atoms with Crippen molar-refractivity contribution in [2.45, 2.75) is 78.3 Å². The topological polar surface area (TPSA) is 24.9 Å². The molecular formula is C15H28N2S. The van der Waals surface area contributed by atoms with Crippen LogP contribution in [0.5, 0.6) is 0 Å². The van der Waals surface area contributed by atoms with E-state index < -0.39 is 0 Å². The van der Waals surface area contributed by atoms with Crippen molar-refractivity contribution in [3.8, 4) is 0 Å². The fraction of sp³-hybridized carbons (Fsp3) is 0.800. The Hall–Kier alpha value is -0.410. The molecule has 3 heteroatoms. The number of unbranched alkanes of at least 4 members (excludes halogenated alkanes) is 2. The van der Waals surface area contributed by atoms with Gasteiger partial charge < -0.3 is 5.32 Å². The molecule has 0 saturated carbocycles. The molecule has 0 radical (unpaired) electrons. The predicted octanol–water partition coefficient (Wildman–Crippen LogP) is 4.50. The zero-order valence-electron chi connectivity index (χ0n) is 12.5. The van der Waals surface area contributed by atoms with Crippen molar-refractivity contribution in [1.29, 1.82) is 0 Å². The van der Waals surface area contributed by atoms with Gasteiger partial charge in [0, 0.05) is 29.1 Å². The van der Waals surface area contributed by atoms with Gasteiger partial charge in [-0.3, -0.25) is 0 Å². The highest BCUT2D eigenvalue weighted by molar-refractivity contribution is 7.11. The van der Waals surface area contributed by atoms with E-state index in [1.54, 1.807) is 0 Å². The third kappa shape index (κ3) is 5.49. The van der Waals surface area contributed by atoms with Crippen LogP contribution >= 0.6 is 11.3 Å². The van der Waals surface area contributed by atoms with Gasteiger partial charge in [0.25, 0.3) is 0 Å². The van der Waals surface area contributed by atoms with Gasteiger partial charge in [0.05, 0.1) is 5.01 Å². The van der Waals surface area contributed by atoms with Crippen molar-refractivity contribution in [2.24, 2.45) is 0 Å². The largest absolute Gasteiger partial charge is 0.309 e. The lowest BCUT2D eigenvalue weighted by Crippen LogP contribution is -2.24. The predicted molar refractivity (Wildman–Crippen MR) is 81.3 cm³/mol. The van der Waals surface area contributed by atoms with E-state index in [0.717, 1.165) is 6.54 Å². The quantitative estimate of drug-likeness (QED) is 0.737. The fourth-order valence-corrected chi connectivity index (χ4v) is 2.73. The SMILES string of the molecule is CCCCCC(C)NCc1cnc(C(C)(C)C)s1. The van der Waals surface area contributed by atoms with Crippen molar-refractivity contribution in [2.75, 3.05) is 0 Å². The lowest BCUT2D eigenvalue weighted by Gasteiger charge is -2.14. The fourth-order valence-electron chi connectivity index (χ4n) is 1.81. The van der Waals surface area contributed by atoms with Crippen LogP contribution in [0, 0.1) is 0 Å². The van der Waals surface area contributed by atoms with Crippen LogP contribution in [-0.4, -0.2) is 11.0 Å². The first kappa shape index (κ1) is 15.6. The van der Waals surface area contributed by atoms with Gasteiger partial charge in [-0.1, -0.05) is 47.0 Å². The number of hydrogen-bond donors (Lipinski definition) is 1. The Kier molecular flexibility index (Phi) is 6.30. The molecule has 104 valence electrons. The zero-order valence-corrected chi connectivity index (χ0v) is 13.4. The molecule has 0 saturated heterocycles. The first-order chi connectivity index (χ1) is 8.43. The third-order valence-electron chi connectivity index (χ3n) is 3.06. The second-order valence-corrected chi connectivity index (χ2v) is 7.27. The van der Waals surface area contributed by atoms with Crippen LogP contribution in [0.15, 0.2) is 6.20 Å². The Morgan fingerprint density at radius 2 is 2.06 bits per heavy atom. The summed E-state index contributed by atoms with van der Waals surface area (Å²) >= 11 is 1.84. The lowest BCUT2D eigenvalue weighted by molar-refractivity contribution is 0.489. The smallest absolute Gasteiger partial charge is 0.0981 e. The Bertz CT molecular complexity index is 339. The van der Waals surface area contributed by atoms with Crippen LogP contribution in [0.2, 0.25) is 0 Å². The Morgan fingerprint density at radius 3 is 2.61 bits per heavy atom. The monoisotopic (exact) mass is 268 g/mol. The molecule has 0 aliphatic heterocycles. The van der Waals surface area contributed by atoms with E-state index in [-0.39, 0.29) is 5.41 Å². The van der Waals surface area contributed by atoms with Gasteiger partial charge in [0.1, 0.15) is 0 Å². The van der Waals surface area contributed by atoms with Crippen LogP contribution in [0.4, 0.5) is 0 Å². The first-order valence-electron chi connectivity index (χ1n) is 7.12. The summed E-state index contributed by atoms with van der Waals surface area (Å²) in [4.78, 5) is 5.87. The maximum absolute atomic E-state index is 4.52. The van der Waals surface area contributed by atoms with Crippen LogP contribution in [-0.2, 0) is 12.0 Å². The second kappa shape index (κ2) is 7.25. The van der Waals surface area contributed by atoms with Crippen LogP contribution < -0.4 is 5.32 Å². The minimum atomic E-state index is 0.176. The summed E-state index contributed by atoms with van der Waals surface area (Å²) in [6.45, 7) is 12.1. The van der Waals surface area contributed by atoms with Crippen LogP contribution in [0.1, 0.15) is 70.2 Å². The van der Waals surface area contributed by atoms with Crippen molar-refractivity contribution in [1.82, 2.24) is 10.3 Å². The van der Waals surface area contributed by atoms with Gasteiger partial charge in [-0.25, -0.2) is 4.98 Å². The summed E-state index contributed by atoms with van der Waals surface area (Å²) < 4.78 is 0. The van der Waals surface area contributed by atoms with Gasteiger partial charge in [-0.15, -0.1) is 11.3 Å². The molecule has 0 spiro atoms. The molecule has 0 aromatic carbocycles. The van der Waals surface area contributed by atoms with Gasteiger partial charge in [-0.2, -0.15) is 0 Å². The molecule has 0 fully saturated rings. The Morgan fingerprint density at radius 1 is 1.33 bits per heavy atom. The molecule has 18 heavy (non-hydrogen) atoms. The van der Waals surface area contributed by atoms with Crippen molar-refractivity contribution in [3.63, 3.8) is 0 Å². The highest BCUT2D eigenvalue weighted by Gasteiger charge is 2.17. The summed E-state index contributed by atoms with van der Waals surface area (Å²) in [7, 11) is 0. The molecule has 1 N–H and O–H groups in total. The summed E-state index contributed by atoms with van der Waals surface area (Å²) in [6.07, 6.45) is 7.29. The van der Waals surface area contributed by atoms with E-state index in [0.29, 0.717) is 6.04 Å². The molecular weight excluding hydrogens is 240 g/mol. The number of nitrogens with one attached hydrogen (secondary N) is 1. The molecule has 0 aliphatic rings. The number of hydrogen-bond acceptors (Lipinski definition) is 3.